The summed E-state index contributed by atoms with van der Waals surface area (Å²) < 4.78 is 4.57. The molecule has 0 atom stereocenters. The first-order valence-corrected chi connectivity index (χ1v) is 3.97. The van der Waals surface area contributed by atoms with Crippen molar-refractivity contribution in [3.05, 3.63) is 24.0 Å². The number of aromatic amines is 1. The van der Waals surface area contributed by atoms with Gasteiger partial charge in [0.25, 0.3) is 0 Å². The van der Waals surface area contributed by atoms with E-state index < -0.39 is 5.97 Å². The minimum Gasteiger partial charge on any atom is -0.506 e. The lowest BCUT2D eigenvalue weighted by atomic mass is 10.2. The topological polar surface area (TPSA) is 75.2 Å². The molecule has 0 spiro atoms. The number of pyridine rings is 1. The standard InChI is InChI=1S/C9H8N2O3/c1-14-9(13)7-4-11-8-6(7)2-5(12)3-10-8/h2-4,12H,1H3,(H,10,11). The Morgan fingerprint density at radius 3 is 3.14 bits per heavy atom. The van der Waals surface area contributed by atoms with E-state index >= 15 is 0 Å². The Morgan fingerprint density at radius 2 is 2.43 bits per heavy atom. The van der Waals surface area contributed by atoms with Gasteiger partial charge in [0.1, 0.15) is 11.4 Å². The van der Waals surface area contributed by atoms with Crippen LogP contribution in [0.5, 0.6) is 5.75 Å². The minimum atomic E-state index is -0.455. The van der Waals surface area contributed by atoms with Crippen molar-refractivity contribution in [1.29, 1.82) is 0 Å². The second kappa shape index (κ2) is 3.02. The van der Waals surface area contributed by atoms with Crippen LogP contribution in [-0.4, -0.2) is 28.2 Å². The molecular weight excluding hydrogens is 184 g/mol. The lowest BCUT2D eigenvalue weighted by Gasteiger charge is -1.96. The Labute approximate surface area is 79.3 Å². The SMILES string of the molecule is COC(=O)c1c[nH]c2ncc(O)cc12. The van der Waals surface area contributed by atoms with E-state index in [0.717, 1.165) is 0 Å². The molecular formula is C9H8N2O3. The Balaban J connectivity index is 2.67. The van der Waals surface area contributed by atoms with Gasteiger partial charge >= 0.3 is 5.97 Å². The molecule has 2 aromatic rings. The van der Waals surface area contributed by atoms with Gasteiger partial charge in [0, 0.05) is 11.6 Å². The third-order valence-corrected chi connectivity index (χ3v) is 1.92. The summed E-state index contributed by atoms with van der Waals surface area (Å²) in [6.45, 7) is 0. The lowest BCUT2D eigenvalue weighted by Crippen LogP contribution is -1.99. The summed E-state index contributed by atoms with van der Waals surface area (Å²) in [5.74, 6) is -0.439. The third kappa shape index (κ3) is 1.19. The number of nitrogens with zero attached hydrogens (tertiary/aromatic N) is 1. The summed E-state index contributed by atoms with van der Waals surface area (Å²) in [6.07, 6.45) is 2.81. The van der Waals surface area contributed by atoms with E-state index in [1.165, 1.54) is 25.6 Å². The van der Waals surface area contributed by atoms with Crippen LogP contribution in [0.1, 0.15) is 10.4 Å². The Kier molecular flexibility index (Phi) is 1.85. The van der Waals surface area contributed by atoms with Crippen molar-refractivity contribution in [3.63, 3.8) is 0 Å². The van der Waals surface area contributed by atoms with Gasteiger partial charge in [-0.05, 0) is 6.07 Å². The van der Waals surface area contributed by atoms with Crippen LogP contribution >= 0.6 is 0 Å². The smallest absolute Gasteiger partial charge is 0.340 e. The van der Waals surface area contributed by atoms with Crippen LogP contribution in [0.3, 0.4) is 0 Å². The van der Waals surface area contributed by atoms with E-state index in [9.17, 15) is 9.90 Å². The number of H-pyrrole nitrogens is 1. The number of rotatable bonds is 1. The zero-order valence-corrected chi connectivity index (χ0v) is 7.44. The number of methoxy groups -OCH3 is 1. The molecule has 0 saturated heterocycles. The molecule has 2 heterocycles. The van der Waals surface area contributed by atoms with E-state index in [-0.39, 0.29) is 5.75 Å². The molecule has 2 N–H and O–H groups in total. The second-order valence-corrected chi connectivity index (χ2v) is 2.78. The number of esters is 1. The van der Waals surface area contributed by atoms with Crippen molar-refractivity contribution in [1.82, 2.24) is 9.97 Å². The first kappa shape index (κ1) is 8.55. The highest BCUT2D eigenvalue weighted by Crippen LogP contribution is 2.20. The fourth-order valence-electron chi connectivity index (χ4n) is 1.27. The number of carbonyl (C=O) groups excluding carboxylic acids is 1. The summed E-state index contributed by atoms with van der Waals surface area (Å²) in [5.41, 5.74) is 0.911. The zero-order valence-electron chi connectivity index (χ0n) is 7.44. The molecule has 0 saturated carbocycles. The lowest BCUT2D eigenvalue weighted by molar-refractivity contribution is 0.0603. The largest absolute Gasteiger partial charge is 0.506 e. The molecule has 14 heavy (non-hydrogen) atoms. The van der Waals surface area contributed by atoms with E-state index in [2.05, 4.69) is 14.7 Å². The molecule has 0 bridgehead atoms. The van der Waals surface area contributed by atoms with Crippen molar-refractivity contribution < 1.29 is 14.6 Å². The number of nitrogens with one attached hydrogen (secondary N) is 1. The van der Waals surface area contributed by atoms with Crippen LogP contribution in [0.4, 0.5) is 0 Å². The van der Waals surface area contributed by atoms with E-state index in [1.54, 1.807) is 0 Å². The van der Waals surface area contributed by atoms with Crippen molar-refractivity contribution in [2.75, 3.05) is 7.11 Å². The van der Waals surface area contributed by atoms with Gasteiger partial charge in [-0.3, -0.25) is 0 Å². The van der Waals surface area contributed by atoms with Gasteiger partial charge in [-0.15, -0.1) is 0 Å². The number of hydrogen-bond acceptors (Lipinski definition) is 4. The van der Waals surface area contributed by atoms with Crippen LogP contribution in [0.2, 0.25) is 0 Å². The van der Waals surface area contributed by atoms with Crippen LogP contribution < -0.4 is 0 Å². The monoisotopic (exact) mass is 192 g/mol. The van der Waals surface area contributed by atoms with Gasteiger partial charge in [-0.1, -0.05) is 0 Å². The zero-order chi connectivity index (χ0) is 10.1. The van der Waals surface area contributed by atoms with Crippen molar-refractivity contribution in [2.45, 2.75) is 0 Å². The van der Waals surface area contributed by atoms with Gasteiger partial charge in [0.05, 0.1) is 18.9 Å². The molecule has 5 nitrogen and oxygen atoms in total. The van der Waals surface area contributed by atoms with Crippen LogP contribution in [0, 0.1) is 0 Å². The predicted molar refractivity (Wildman–Crippen MR) is 49.1 cm³/mol. The molecule has 0 aliphatic carbocycles. The number of carbonyl (C=O) groups is 1. The summed E-state index contributed by atoms with van der Waals surface area (Å²) in [4.78, 5) is 18.0. The predicted octanol–water partition coefficient (Wildman–Crippen LogP) is 1.06. The van der Waals surface area contributed by atoms with E-state index in [1.807, 2.05) is 0 Å². The van der Waals surface area contributed by atoms with Crippen LogP contribution in [0.15, 0.2) is 18.5 Å². The maximum absolute atomic E-state index is 11.2. The Hall–Kier alpha value is -2.04. The molecule has 0 aliphatic rings. The summed E-state index contributed by atoms with van der Waals surface area (Å²) in [5, 5.41) is 9.75. The fraction of sp³-hybridized carbons (Fsp3) is 0.111. The maximum atomic E-state index is 11.2. The molecule has 0 fully saturated rings. The normalized spacial score (nSPS) is 10.4. The number of aromatic hydroxyl groups is 1. The van der Waals surface area contributed by atoms with Gasteiger partial charge < -0.3 is 14.8 Å². The average molecular weight is 192 g/mol. The number of ether oxygens (including phenoxy) is 1. The molecule has 0 amide bonds. The molecule has 5 heteroatoms. The van der Waals surface area contributed by atoms with Crippen LogP contribution in [0.25, 0.3) is 11.0 Å². The third-order valence-electron chi connectivity index (χ3n) is 1.92. The molecule has 0 aromatic carbocycles. The maximum Gasteiger partial charge on any atom is 0.340 e. The number of hydrogen-bond donors (Lipinski definition) is 2. The van der Waals surface area contributed by atoms with Crippen molar-refractivity contribution in [3.8, 4) is 5.75 Å². The number of fused-ring (bicyclic) bond motifs is 1. The molecule has 2 rings (SSSR count). The fourth-order valence-corrected chi connectivity index (χ4v) is 1.27. The highest BCUT2D eigenvalue weighted by atomic mass is 16.5. The second-order valence-electron chi connectivity index (χ2n) is 2.78. The summed E-state index contributed by atoms with van der Waals surface area (Å²) in [6, 6.07) is 1.46. The summed E-state index contributed by atoms with van der Waals surface area (Å²) >= 11 is 0. The summed E-state index contributed by atoms with van der Waals surface area (Å²) in [7, 11) is 1.30. The van der Waals surface area contributed by atoms with Crippen LogP contribution in [-0.2, 0) is 4.74 Å². The quantitative estimate of drug-likeness (QED) is 0.662. The Bertz CT molecular complexity index is 490. The molecule has 0 aliphatic heterocycles. The van der Waals surface area contributed by atoms with E-state index in [4.69, 9.17) is 0 Å². The highest BCUT2D eigenvalue weighted by molar-refractivity contribution is 6.03. The molecule has 0 unspecified atom stereocenters. The van der Waals surface area contributed by atoms with Gasteiger partial charge in [-0.25, -0.2) is 9.78 Å². The average Bonchev–Trinajstić information content (AvgIpc) is 2.59. The molecule has 0 radical (unpaired) electrons. The van der Waals surface area contributed by atoms with Gasteiger partial charge in [0.15, 0.2) is 0 Å². The molecule has 2 aromatic heterocycles. The van der Waals surface area contributed by atoms with E-state index in [0.29, 0.717) is 16.6 Å². The molecule has 72 valence electrons. The van der Waals surface area contributed by atoms with Gasteiger partial charge in [0.2, 0.25) is 0 Å². The minimum absolute atomic E-state index is 0.0160. The highest BCUT2D eigenvalue weighted by Gasteiger charge is 2.12. The number of aromatic nitrogens is 2. The van der Waals surface area contributed by atoms with Crippen molar-refractivity contribution >= 4 is 17.0 Å². The van der Waals surface area contributed by atoms with Gasteiger partial charge in [-0.2, -0.15) is 0 Å². The Morgan fingerprint density at radius 1 is 1.64 bits per heavy atom. The van der Waals surface area contributed by atoms with Crippen molar-refractivity contribution in [2.24, 2.45) is 0 Å². The first-order valence-electron chi connectivity index (χ1n) is 3.97. The first-order chi connectivity index (χ1) is 6.72.